The fourth-order valence-electron chi connectivity index (χ4n) is 1.71. The summed E-state index contributed by atoms with van der Waals surface area (Å²) in [6.07, 6.45) is 0. The maximum atomic E-state index is 2.19. The fraction of sp³-hybridized carbons (Fsp3) is 0.368. The van der Waals surface area contributed by atoms with E-state index in [0.29, 0.717) is 0 Å². The zero-order valence-electron chi connectivity index (χ0n) is 13.7. The third kappa shape index (κ3) is 9.19. The van der Waals surface area contributed by atoms with Crippen molar-refractivity contribution in [2.75, 3.05) is 0 Å². The zero-order valence-corrected chi connectivity index (χ0v) is 16.1. The summed E-state index contributed by atoms with van der Waals surface area (Å²) in [4.78, 5) is 5.60. The molecule has 3 aromatic heterocycles. The largest absolute Gasteiger partial charge is 0.149 e. The molecule has 0 radical (unpaired) electrons. The van der Waals surface area contributed by atoms with Crippen molar-refractivity contribution in [3.63, 3.8) is 0 Å². The van der Waals surface area contributed by atoms with Crippen molar-refractivity contribution < 1.29 is 0 Å². The average molecular weight is 353 g/mol. The van der Waals surface area contributed by atoms with E-state index in [0.717, 1.165) is 0 Å². The molecule has 0 fully saturated rings. The number of thiophene rings is 3. The van der Waals surface area contributed by atoms with Crippen LogP contribution in [0.1, 0.15) is 38.1 Å². The van der Waals surface area contributed by atoms with Gasteiger partial charge in [-0.2, -0.15) is 0 Å². The molecule has 0 aromatic carbocycles. The van der Waals surface area contributed by atoms with Gasteiger partial charge in [0, 0.05) is 19.5 Å². The summed E-state index contributed by atoms with van der Waals surface area (Å²) in [5.74, 6) is 0. The van der Waals surface area contributed by atoms with Gasteiger partial charge in [-0.25, -0.2) is 0 Å². The van der Waals surface area contributed by atoms with Crippen LogP contribution in [-0.2, 0) is 0 Å². The van der Waals surface area contributed by atoms with Crippen molar-refractivity contribution in [3.05, 3.63) is 65.7 Å². The minimum atomic E-state index is 0. The maximum Gasteiger partial charge on any atom is 0.00170 e. The SMILES string of the molecule is C.Cc1ccc(C)s1.Cc1csc(C)c1.Cc1csc(C)c1. The van der Waals surface area contributed by atoms with Crippen LogP contribution < -0.4 is 0 Å². The summed E-state index contributed by atoms with van der Waals surface area (Å²) in [7, 11) is 0. The molecular weight excluding hydrogens is 324 g/mol. The maximum absolute atomic E-state index is 2.19. The fourth-order valence-corrected chi connectivity index (χ4v) is 3.87. The molecule has 0 aliphatic heterocycles. The molecule has 122 valence electrons. The van der Waals surface area contributed by atoms with Crippen LogP contribution in [0, 0.1) is 41.5 Å². The predicted octanol–water partition coefficient (Wildman–Crippen LogP) is 7.73. The van der Waals surface area contributed by atoms with E-state index < -0.39 is 0 Å². The van der Waals surface area contributed by atoms with Crippen LogP contribution in [0.25, 0.3) is 0 Å². The molecule has 0 aliphatic carbocycles. The van der Waals surface area contributed by atoms with Crippen LogP contribution in [0.3, 0.4) is 0 Å². The lowest BCUT2D eigenvalue weighted by atomic mass is 10.4. The average Bonchev–Trinajstić information content (AvgIpc) is 3.06. The summed E-state index contributed by atoms with van der Waals surface area (Å²) < 4.78 is 0. The van der Waals surface area contributed by atoms with Crippen LogP contribution in [0.5, 0.6) is 0 Å². The van der Waals surface area contributed by atoms with Gasteiger partial charge in [-0.3, -0.25) is 0 Å². The monoisotopic (exact) mass is 352 g/mol. The van der Waals surface area contributed by atoms with Crippen molar-refractivity contribution in [2.45, 2.75) is 49.0 Å². The molecule has 3 rings (SSSR count). The molecule has 0 bridgehead atoms. The molecule has 0 saturated heterocycles. The van der Waals surface area contributed by atoms with Crippen molar-refractivity contribution in [1.29, 1.82) is 0 Å². The highest BCUT2D eigenvalue weighted by Crippen LogP contribution is 2.12. The summed E-state index contributed by atoms with van der Waals surface area (Å²) >= 11 is 5.45. The Labute approximate surface area is 148 Å². The number of aryl methyl sites for hydroxylation is 6. The Kier molecular flexibility index (Phi) is 10.3. The topological polar surface area (TPSA) is 0 Å². The number of rotatable bonds is 0. The molecule has 0 aliphatic rings. The molecule has 3 heteroatoms. The number of hydrogen-bond donors (Lipinski definition) is 0. The minimum Gasteiger partial charge on any atom is -0.149 e. The second-order valence-corrected chi connectivity index (χ2v) is 8.85. The normalized spacial score (nSPS) is 9.00. The quantitative estimate of drug-likeness (QED) is 0.388. The molecule has 0 amide bonds. The Morgan fingerprint density at radius 1 is 0.591 bits per heavy atom. The van der Waals surface area contributed by atoms with E-state index in [-0.39, 0.29) is 7.43 Å². The van der Waals surface area contributed by atoms with Gasteiger partial charge < -0.3 is 0 Å². The Hall–Kier alpha value is -0.900. The van der Waals surface area contributed by atoms with E-state index in [1.165, 1.54) is 30.6 Å². The molecule has 3 heterocycles. The van der Waals surface area contributed by atoms with E-state index in [9.17, 15) is 0 Å². The first-order valence-electron chi connectivity index (χ1n) is 6.93. The molecule has 0 N–H and O–H groups in total. The molecule has 0 saturated carbocycles. The predicted molar refractivity (Wildman–Crippen MR) is 108 cm³/mol. The van der Waals surface area contributed by atoms with Crippen LogP contribution in [0.2, 0.25) is 0 Å². The molecule has 0 unspecified atom stereocenters. The van der Waals surface area contributed by atoms with Gasteiger partial charge in [-0.1, -0.05) is 7.43 Å². The van der Waals surface area contributed by atoms with Gasteiger partial charge in [0.25, 0.3) is 0 Å². The molecule has 0 spiro atoms. The van der Waals surface area contributed by atoms with Crippen LogP contribution in [-0.4, -0.2) is 0 Å². The van der Waals surface area contributed by atoms with Gasteiger partial charge in [0.2, 0.25) is 0 Å². The first-order chi connectivity index (χ1) is 9.86. The van der Waals surface area contributed by atoms with Crippen LogP contribution in [0.4, 0.5) is 0 Å². The summed E-state index contributed by atoms with van der Waals surface area (Å²) in [6.45, 7) is 12.7. The van der Waals surface area contributed by atoms with Crippen molar-refractivity contribution in [2.24, 2.45) is 0 Å². The molecule has 22 heavy (non-hydrogen) atoms. The van der Waals surface area contributed by atoms with E-state index in [4.69, 9.17) is 0 Å². The van der Waals surface area contributed by atoms with Gasteiger partial charge in [0.1, 0.15) is 0 Å². The molecule has 3 aromatic rings. The van der Waals surface area contributed by atoms with Gasteiger partial charge in [-0.05, 0) is 87.7 Å². The Bertz CT molecular complexity index is 501. The van der Waals surface area contributed by atoms with E-state index >= 15 is 0 Å². The second kappa shape index (κ2) is 10.8. The molecule has 0 atom stereocenters. The highest BCUT2D eigenvalue weighted by Gasteiger charge is 1.85. The van der Waals surface area contributed by atoms with Gasteiger partial charge >= 0.3 is 0 Å². The van der Waals surface area contributed by atoms with E-state index in [2.05, 4.69) is 76.6 Å². The standard InChI is InChI=1S/3C6H8S.CH4/c2*1-5-3-6(2)7-4-5;1-5-3-4-6(2)7-5;/h3*3-4H,1-2H3;1H4. The summed E-state index contributed by atoms with van der Waals surface area (Å²) in [5.41, 5.74) is 2.75. The second-order valence-electron chi connectivity index (χ2n) is 5.13. The minimum absolute atomic E-state index is 0. The first-order valence-corrected chi connectivity index (χ1v) is 9.51. The third-order valence-electron chi connectivity index (χ3n) is 2.60. The third-order valence-corrected chi connectivity index (χ3v) is 5.47. The zero-order chi connectivity index (χ0) is 15.8. The highest BCUT2D eigenvalue weighted by molar-refractivity contribution is 7.11. The van der Waals surface area contributed by atoms with E-state index in [1.807, 2.05) is 11.3 Å². The summed E-state index contributed by atoms with van der Waals surface area (Å²) in [5, 5.41) is 4.32. The van der Waals surface area contributed by atoms with Gasteiger partial charge in [-0.15, -0.1) is 34.0 Å². The molecular formula is C19H28S3. The van der Waals surface area contributed by atoms with Crippen LogP contribution >= 0.6 is 34.0 Å². The lowest BCUT2D eigenvalue weighted by molar-refractivity contribution is 1.51. The Morgan fingerprint density at radius 3 is 1.05 bits per heavy atom. The highest BCUT2D eigenvalue weighted by atomic mass is 32.1. The smallest absolute Gasteiger partial charge is 0.00170 e. The lowest BCUT2D eigenvalue weighted by Gasteiger charge is -1.71. The van der Waals surface area contributed by atoms with Gasteiger partial charge in [0.15, 0.2) is 0 Å². The van der Waals surface area contributed by atoms with Crippen LogP contribution in [0.15, 0.2) is 35.0 Å². The van der Waals surface area contributed by atoms with Gasteiger partial charge in [0.05, 0.1) is 0 Å². The molecule has 0 nitrogen and oxygen atoms in total. The Balaban J connectivity index is 0.000000294. The summed E-state index contributed by atoms with van der Waals surface area (Å²) in [6, 6.07) is 8.65. The lowest BCUT2D eigenvalue weighted by Crippen LogP contribution is -1.53. The van der Waals surface area contributed by atoms with Crippen molar-refractivity contribution >= 4 is 34.0 Å². The van der Waals surface area contributed by atoms with Crippen molar-refractivity contribution in [3.8, 4) is 0 Å². The first kappa shape index (κ1) is 21.1. The Morgan fingerprint density at radius 2 is 0.955 bits per heavy atom. The van der Waals surface area contributed by atoms with Crippen molar-refractivity contribution in [1.82, 2.24) is 0 Å². The number of hydrogen-bond acceptors (Lipinski definition) is 3. The van der Waals surface area contributed by atoms with E-state index in [1.54, 1.807) is 22.7 Å².